The van der Waals surface area contributed by atoms with Crippen LogP contribution in [0.5, 0.6) is 11.5 Å². The monoisotopic (exact) mass is 276 g/mol. The van der Waals surface area contributed by atoms with Crippen LogP contribution in [0, 0.1) is 0 Å². The molecular weight excluding hydrogens is 265 g/mol. The Balaban J connectivity index is 2.90. The fourth-order valence-electron chi connectivity index (χ4n) is 1.29. The Morgan fingerprint density at radius 1 is 1.37 bits per heavy atom. The number of ether oxygens (including phenoxy) is 2. The Labute approximate surface area is 107 Å². The molecule has 1 aromatic rings. The summed E-state index contributed by atoms with van der Waals surface area (Å²) in [6, 6.07) is 2.91. The number of halogens is 3. The van der Waals surface area contributed by atoms with Crippen molar-refractivity contribution in [3.05, 3.63) is 23.8 Å². The maximum Gasteiger partial charge on any atom is 0.573 e. The van der Waals surface area contributed by atoms with Crippen LogP contribution in [0.25, 0.3) is 0 Å². The van der Waals surface area contributed by atoms with E-state index in [0.717, 1.165) is 18.2 Å². The molecule has 1 aromatic carbocycles. The second-order valence-electron chi connectivity index (χ2n) is 3.59. The molecule has 4 nitrogen and oxygen atoms in total. The van der Waals surface area contributed by atoms with Crippen molar-refractivity contribution >= 4 is 12.3 Å². The van der Waals surface area contributed by atoms with Crippen LogP contribution in [0.4, 0.5) is 13.2 Å². The van der Waals surface area contributed by atoms with Gasteiger partial charge in [0.15, 0.2) is 6.29 Å². The Kier molecular flexibility index (Phi) is 4.91. The van der Waals surface area contributed by atoms with E-state index in [4.69, 9.17) is 4.74 Å². The minimum Gasteiger partial charge on any atom is -0.426 e. The van der Waals surface area contributed by atoms with Gasteiger partial charge in [-0.05, 0) is 24.6 Å². The highest BCUT2D eigenvalue weighted by Crippen LogP contribution is 2.27. The molecule has 19 heavy (non-hydrogen) atoms. The molecule has 0 unspecified atom stereocenters. The Hall–Kier alpha value is -2.05. The molecule has 0 radical (unpaired) electrons. The lowest BCUT2D eigenvalue weighted by Gasteiger charge is -2.11. The van der Waals surface area contributed by atoms with Crippen molar-refractivity contribution in [3.63, 3.8) is 0 Å². The molecule has 0 aliphatic heterocycles. The summed E-state index contributed by atoms with van der Waals surface area (Å²) in [7, 11) is 0. The van der Waals surface area contributed by atoms with Crippen molar-refractivity contribution in [2.75, 3.05) is 0 Å². The molecule has 0 N–H and O–H groups in total. The average molecular weight is 276 g/mol. The molecule has 0 atom stereocenters. The number of aldehydes is 1. The normalized spacial score (nSPS) is 10.9. The van der Waals surface area contributed by atoms with Gasteiger partial charge in [0.1, 0.15) is 11.5 Å². The summed E-state index contributed by atoms with van der Waals surface area (Å²) in [4.78, 5) is 22.0. The van der Waals surface area contributed by atoms with Crippen LogP contribution in [0.3, 0.4) is 0 Å². The first-order valence-corrected chi connectivity index (χ1v) is 5.41. The fraction of sp³-hybridized carbons (Fsp3) is 0.333. The summed E-state index contributed by atoms with van der Waals surface area (Å²) in [5.74, 6) is -1.21. The van der Waals surface area contributed by atoms with Gasteiger partial charge in [-0.25, -0.2) is 0 Å². The first kappa shape index (κ1) is 15.0. The largest absolute Gasteiger partial charge is 0.573 e. The van der Waals surface area contributed by atoms with E-state index in [1.54, 1.807) is 6.92 Å². The summed E-state index contributed by atoms with van der Waals surface area (Å²) in [5.41, 5.74) is -0.189. The van der Waals surface area contributed by atoms with E-state index >= 15 is 0 Å². The summed E-state index contributed by atoms with van der Waals surface area (Å²) < 4.78 is 44.5. The summed E-state index contributed by atoms with van der Waals surface area (Å²) in [6.45, 7) is 1.77. The lowest BCUT2D eigenvalue weighted by atomic mass is 10.2. The van der Waals surface area contributed by atoms with E-state index in [9.17, 15) is 22.8 Å². The molecule has 0 saturated carbocycles. The Morgan fingerprint density at radius 2 is 2.05 bits per heavy atom. The van der Waals surface area contributed by atoms with Gasteiger partial charge in [0.25, 0.3) is 0 Å². The molecule has 7 heteroatoms. The van der Waals surface area contributed by atoms with Crippen molar-refractivity contribution in [2.45, 2.75) is 26.1 Å². The van der Waals surface area contributed by atoms with Gasteiger partial charge in [0.05, 0.1) is 5.56 Å². The third-order valence-electron chi connectivity index (χ3n) is 2.02. The molecule has 0 bridgehead atoms. The number of esters is 1. The second-order valence-corrected chi connectivity index (χ2v) is 3.59. The number of benzene rings is 1. The number of carbonyl (C=O) groups excluding carboxylic acids is 2. The van der Waals surface area contributed by atoms with E-state index in [0.29, 0.717) is 6.42 Å². The molecule has 0 heterocycles. The molecule has 1 rings (SSSR count). The first-order chi connectivity index (χ1) is 8.85. The zero-order chi connectivity index (χ0) is 14.5. The molecule has 0 fully saturated rings. The summed E-state index contributed by atoms with van der Waals surface area (Å²) >= 11 is 0. The second kappa shape index (κ2) is 6.21. The molecule has 0 amide bonds. The first-order valence-electron chi connectivity index (χ1n) is 5.41. The number of hydrogen-bond acceptors (Lipinski definition) is 4. The molecular formula is C12H11F3O4. The zero-order valence-electron chi connectivity index (χ0n) is 9.99. The van der Waals surface area contributed by atoms with Crippen LogP contribution < -0.4 is 9.47 Å². The van der Waals surface area contributed by atoms with E-state index in [1.807, 2.05) is 0 Å². The predicted molar refractivity (Wildman–Crippen MR) is 59.1 cm³/mol. The minimum atomic E-state index is -4.85. The summed E-state index contributed by atoms with van der Waals surface area (Å²) in [6.07, 6.45) is -3.85. The average Bonchev–Trinajstić information content (AvgIpc) is 2.29. The smallest absolute Gasteiger partial charge is 0.426 e. The third-order valence-corrected chi connectivity index (χ3v) is 2.02. The van der Waals surface area contributed by atoms with Crippen LogP contribution in [0.1, 0.15) is 30.1 Å². The van der Waals surface area contributed by atoms with E-state index in [1.165, 1.54) is 0 Å². The molecule has 0 saturated heterocycles. The van der Waals surface area contributed by atoms with Crippen molar-refractivity contribution in [1.82, 2.24) is 0 Å². The lowest BCUT2D eigenvalue weighted by molar-refractivity contribution is -0.274. The number of alkyl halides is 3. The van der Waals surface area contributed by atoms with Gasteiger partial charge in [-0.3, -0.25) is 9.59 Å². The van der Waals surface area contributed by atoms with Gasteiger partial charge >= 0.3 is 12.3 Å². The van der Waals surface area contributed by atoms with Crippen molar-refractivity contribution in [1.29, 1.82) is 0 Å². The Bertz CT molecular complexity index is 469. The van der Waals surface area contributed by atoms with E-state index in [2.05, 4.69) is 4.74 Å². The highest BCUT2D eigenvalue weighted by atomic mass is 19.4. The van der Waals surface area contributed by atoms with Gasteiger partial charge in [0, 0.05) is 6.42 Å². The van der Waals surface area contributed by atoms with Crippen LogP contribution in [-0.2, 0) is 4.79 Å². The quantitative estimate of drug-likeness (QED) is 0.471. The lowest BCUT2D eigenvalue weighted by Crippen LogP contribution is -2.17. The predicted octanol–water partition coefficient (Wildman–Crippen LogP) is 3.10. The van der Waals surface area contributed by atoms with Crippen molar-refractivity contribution in [2.24, 2.45) is 0 Å². The van der Waals surface area contributed by atoms with Crippen molar-refractivity contribution < 1.29 is 32.2 Å². The molecule has 0 spiro atoms. The highest BCUT2D eigenvalue weighted by molar-refractivity contribution is 5.83. The topological polar surface area (TPSA) is 52.6 Å². The maximum absolute atomic E-state index is 12.0. The number of rotatable bonds is 5. The highest BCUT2D eigenvalue weighted by Gasteiger charge is 2.31. The van der Waals surface area contributed by atoms with Gasteiger partial charge in [-0.15, -0.1) is 13.2 Å². The SMILES string of the molecule is CCCC(=O)Oc1ccc(OC(F)(F)F)cc1C=O. The molecule has 0 aromatic heterocycles. The van der Waals surface area contributed by atoms with Crippen molar-refractivity contribution in [3.8, 4) is 11.5 Å². The number of carbonyl (C=O) groups is 2. The number of hydrogen-bond donors (Lipinski definition) is 0. The zero-order valence-corrected chi connectivity index (χ0v) is 9.99. The standard InChI is InChI=1S/C12H11F3O4/c1-2-3-11(17)18-10-5-4-9(6-8(10)7-16)19-12(13,14)15/h4-7H,2-3H2,1H3. The van der Waals surface area contributed by atoms with Crippen LogP contribution >= 0.6 is 0 Å². The van der Waals surface area contributed by atoms with Gasteiger partial charge in [0.2, 0.25) is 0 Å². The van der Waals surface area contributed by atoms with Crippen LogP contribution in [0.2, 0.25) is 0 Å². The minimum absolute atomic E-state index is 0.0945. The fourth-order valence-corrected chi connectivity index (χ4v) is 1.29. The van der Waals surface area contributed by atoms with Gasteiger partial charge in [-0.2, -0.15) is 0 Å². The van der Waals surface area contributed by atoms with Gasteiger partial charge < -0.3 is 9.47 Å². The van der Waals surface area contributed by atoms with Gasteiger partial charge in [-0.1, -0.05) is 6.92 Å². The maximum atomic E-state index is 12.0. The molecule has 0 aliphatic carbocycles. The van der Waals surface area contributed by atoms with E-state index < -0.39 is 18.1 Å². The Morgan fingerprint density at radius 3 is 2.58 bits per heavy atom. The van der Waals surface area contributed by atoms with E-state index in [-0.39, 0.29) is 24.0 Å². The molecule has 104 valence electrons. The van der Waals surface area contributed by atoms with Crippen LogP contribution in [-0.4, -0.2) is 18.6 Å². The van der Waals surface area contributed by atoms with Crippen LogP contribution in [0.15, 0.2) is 18.2 Å². The molecule has 0 aliphatic rings. The summed E-state index contributed by atoms with van der Waals surface area (Å²) in [5, 5.41) is 0. The third kappa shape index (κ3) is 4.99.